The quantitative estimate of drug-likeness (QED) is 0.827. The molecule has 0 aliphatic rings. The van der Waals surface area contributed by atoms with Crippen molar-refractivity contribution >= 4 is 17.3 Å². The molecule has 102 valence electrons. The van der Waals surface area contributed by atoms with Crippen LogP contribution in [0, 0.1) is 0 Å². The van der Waals surface area contributed by atoms with Gasteiger partial charge in [0.05, 0.1) is 17.2 Å². The molecule has 1 atom stereocenters. The van der Waals surface area contributed by atoms with Crippen LogP contribution >= 0.6 is 11.3 Å². The number of thiazole rings is 1. The summed E-state index contributed by atoms with van der Waals surface area (Å²) in [5.41, 5.74) is 0.977. The van der Waals surface area contributed by atoms with Crippen molar-refractivity contribution in [2.75, 3.05) is 6.54 Å². The van der Waals surface area contributed by atoms with E-state index < -0.39 is 5.97 Å². The van der Waals surface area contributed by atoms with Crippen molar-refractivity contribution in [3.63, 3.8) is 0 Å². The first-order valence-corrected chi connectivity index (χ1v) is 7.22. The van der Waals surface area contributed by atoms with Gasteiger partial charge < -0.3 is 5.11 Å². The zero-order valence-electron chi connectivity index (χ0n) is 11.5. The SMILES string of the molecule is CCC(C)N(CC(=O)O)Cc1csc(C(C)C)n1. The van der Waals surface area contributed by atoms with E-state index in [1.165, 1.54) is 0 Å². The van der Waals surface area contributed by atoms with Crippen molar-refractivity contribution in [3.8, 4) is 0 Å². The van der Waals surface area contributed by atoms with Crippen LogP contribution in [0.2, 0.25) is 0 Å². The number of carboxylic acids is 1. The second-order valence-electron chi connectivity index (χ2n) is 4.89. The molecule has 0 spiro atoms. The second-order valence-corrected chi connectivity index (χ2v) is 5.78. The minimum Gasteiger partial charge on any atom is -0.480 e. The van der Waals surface area contributed by atoms with Gasteiger partial charge in [-0.2, -0.15) is 0 Å². The molecular weight excluding hydrogens is 248 g/mol. The number of aliphatic carboxylic acids is 1. The number of carbonyl (C=O) groups is 1. The van der Waals surface area contributed by atoms with Gasteiger partial charge in [0.25, 0.3) is 0 Å². The molecule has 0 aliphatic heterocycles. The maximum absolute atomic E-state index is 10.9. The summed E-state index contributed by atoms with van der Waals surface area (Å²) < 4.78 is 0. The molecule has 4 nitrogen and oxygen atoms in total. The Labute approximate surface area is 113 Å². The van der Waals surface area contributed by atoms with Crippen LogP contribution in [0.3, 0.4) is 0 Å². The summed E-state index contributed by atoms with van der Waals surface area (Å²) in [6.45, 7) is 9.05. The predicted octanol–water partition coefficient (Wildman–Crippen LogP) is 2.95. The highest BCUT2D eigenvalue weighted by atomic mass is 32.1. The number of rotatable bonds is 7. The van der Waals surface area contributed by atoms with Crippen LogP contribution in [0.5, 0.6) is 0 Å². The van der Waals surface area contributed by atoms with Gasteiger partial charge in [0.15, 0.2) is 0 Å². The van der Waals surface area contributed by atoms with Gasteiger partial charge in [-0.25, -0.2) is 4.98 Å². The average molecular weight is 270 g/mol. The smallest absolute Gasteiger partial charge is 0.317 e. The van der Waals surface area contributed by atoms with E-state index in [4.69, 9.17) is 5.11 Å². The Hall–Kier alpha value is -0.940. The van der Waals surface area contributed by atoms with Crippen LogP contribution in [0.15, 0.2) is 5.38 Å². The van der Waals surface area contributed by atoms with Gasteiger partial charge >= 0.3 is 5.97 Å². The van der Waals surface area contributed by atoms with Crippen LogP contribution < -0.4 is 0 Å². The first-order valence-electron chi connectivity index (χ1n) is 6.34. The summed E-state index contributed by atoms with van der Waals surface area (Å²) in [6, 6.07) is 0.255. The third kappa shape index (κ3) is 4.38. The van der Waals surface area contributed by atoms with Gasteiger partial charge in [-0.15, -0.1) is 11.3 Å². The second kappa shape index (κ2) is 6.85. The fraction of sp³-hybridized carbons (Fsp3) is 0.692. The molecule has 0 aromatic carbocycles. The molecule has 1 N–H and O–H groups in total. The van der Waals surface area contributed by atoms with Crippen LogP contribution in [0.25, 0.3) is 0 Å². The molecule has 0 bridgehead atoms. The van der Waals surface area contributed by atoms with E-state index in [0.29, 0.717) is 12.5 Å². The zero-order valence-corrected chi connectivity index (χ0v) is 12.3. The summed E-state index contributed by atoms with van der Waals surface area (Å²) in [5.74, 6) is -0.352. The number of aromatic nitrogens is 1. The standard InChI is InChI=1S/C13H22N2O2S/c1-5-10(4)15(7-12(16)17)6-11-8-18-13(14-11)9(2)3/h8-10H,5-7H2,1-4H3,(H,16,17). The summed E-state index contributed by atoms with van der Waals surface area (Å²) in [4.78, 5) is 17.4. The lowest BCUT2D eigenvalue weighted by Gasteiger charge is -2.25. The molecule has 0 saturated heterocycles. The third-order valence-electron chi connectivity index (χ3n) is 2.98. The zero-order chi connectivity index (χ0) is 13.7. The highest BCUT2D eigenvalue weighted by Crippen LogP contribution is 2.20. The van der Waals surface area contributed by atoms with E-state index in [1.54, 1.807) is 11.3 Å². The van der Waals surface area contributed by atoms with Gasteiger partial charge in [-0.05, 0) is 13.3 Å². The van der Waals surface area contributed by atoms with Crippen molar-refractivity contribution in [1.29, 1.82) is 0 Å². The predicted molar refractivity (Wildman–Crippen MR) is 74.0 cm³/mol. The highest BCUT2D eigenvalue weighted by molar-refractivity contribution is 7.09. The fourth-order valence-corrected chi connectivity index (χ4v) is 2.49. The Bertz CT molecular complexity index is 390. The molecule has 1 rings (SSSR count). The first-order chi connectivity index (χ1) is 8.43. The van der Waals surface area contributed by atoms with E-state index in [0.717, 1.165) is 17.1 Å². The molecule has 0 amide bonds. The number of hydrogen-bond acceptors (Lipinski definition) is 4. The molecule has 5 heteroatoms. The van der Waals surface area contributed by atoms with Gasteiger partial charge in [0.1, 0.15) is 0 Å². The maximum Gasteiger partial charge on any atom is 0.317 e. The lowest BCUT2D eigenvalue weighted by molar-refractivity contribution is -0.139. The van der Waals surface area contributed by atoms with Crippen LogP contribution in [-0.4, -0.2) is 33.5 Å². The molecule has 0 saturated carbocycles. The normalized spacial score (nSPS) is 13.2. The third-order valence-corrected chi connectivity index (χ3v) is 4.18. The fourth-order valence-electron chi connectivity index (χ4n) is 1.67. The summed E-state index contributed by atoms with van der Waals surface area (Å²) in [7, 11) is 0. The van der Waals surface area contributed by atoms with Gasteiger partial charge in [0, 0.05) is 23.9 Å². The highest BCUT2D eigenvalue weighted by Gasteiger charge is 2.17. The van der Waals surface area contributed by atoms with Gasteiger partial charge in [0.2, 0.25) is 0 Å². The molecule has 1 aromatic rings. The molecule has 0 aliphatic carbocycles. The van der Waals surface area contributed by atoms with Crippen molar-refractivity contribution in [2.24, 2.45) is 0 Å². The van der Waals surface area contributed by atoms with E-state index >= 15 is 0 Å². The Balaban J connectivity index is 2.72. The summed E-state index contributed by atoms with van der Waals surface area (Å²) in [6.07, 6.45) is 0.939. The van der Waals surface area contributed by atoms with Gasteiger partial charge in [-0.3, -0.25) is 9.69 Å². The van der Waals surface area contributed by atoms with E-state index in [9.17, 15) is 4.79 Å². The average Bonchev–Trinajstić information content (AvgIpc) is 2.75. The molecule has 1 unspecified atom stereocenters. The minimum absolute atomic E-state index is 0.0730. The maximum atomic E-state index is 10.9. The van der Waals surface area contributed by atoms with Crippen LogP contribution in [0.4, 0.5) is 0 Å². The molecule has 0 radical (unpaired) electrons. The first kappa shape index (κ1) is 15.1. The summed E-state index contributed by atoms with van der Waals surface area (Å²) >= 11 is 1.65. The molecule has 0 fully saturated rings. The number of nitrogens with zero attached hydrogens (tertiary/aromatic N) is 2. The van der Waals surface area contributed by atoms with E-state index in [2.05, 4.69) is 32.7 Å². The van der Waals surface area contributed by atoms with Crippen LogP contribution in [0.1, 0.15) is 50.7 Å². The molecular formula is C13H22N2O2S. The van der Waals surface area contributed by atoms with Crippen molar-refractivity contribution in [3.05, 3.63) is 16.1 Å². The Morgan fingerprint density at radius 2 is 2.17 bits per heavy atom. The largest absolute Gasteiger partial charge is 0.480 e. The van der Waals surface area contributed by atoms with E-state index in [1.807, 2.05) is 10.3 Å². The lowest BCUT2D eigenvalue weighted by atomic mass is 10.2. The Kier molecular flexibility index (Phi) is 5.75. The Morgan fingerprint density at radius 3 is 2.61 bits per heavy atom. The van der Waals surface area contributed by atoms with Crippen molar-refractivity contribution in [2.45, 2.75) is 52.6 Å². The van der Waals surface area contributed by atoms with Crippen molar-refractivity contribution < 1.29 is 9.90 Å². The molecule has 1 heterocycles. The number of hydrogen-bond donors (Lipinski definition) is 1. The monoisotopic (exact) mass is 270 g/mol. The van der Waals surface area contributed by atoms with Crippen molar-refractivity contribution in [1.82, 2.24) is 9.88 Å². The Morgan fingerprint density at radius 1 is 1.50 bits per heavy atom. The summed E-state index contributed by atoms with van der Waals surface area (Å²) in [5, 5.41) is 12.1. The minimum atomic E-state index is -0.783. The molecule has 1 aromatic heterocycles. The molecule has 18 heavy (non-hydrogen) atoms. The number of carboxylic acid groups (broad SMARTS) is 1. The lowest BCUT2D eigenvalue weighted by Crippen LogP contribution is -2.36. The van der Waals surface area contributed by atoms with E-state index in [-0.39, 0.29) is 12.6 Å². The van der Waals surface area contributed by atoms with Gasteiger partial charge in [-0.1, -0.05) is 20.8 Å². The topological polar surface area (TPSA) is 53.4 Å². The van der Waals surface area contributed by atoms with Crippen LogP contribution in [-0.2, 0) is 11.3 Å².